The van der Waals surface area contributed by atoms with Crippen molar-refractivity contribution in [3.8, 4) is 28.6 Å². The molecule has 0 saturated carbocycles. The minimum absolute atomic E-state index is 0.133. The van der Waals surface area contributed by atoms with Gasteiger partial charge in [-0.05, 0) is 68.3 Å². The SMILES string of the molecule is COc1cc(F)cc(-c2ccc(C(=O)NS(=O)(=O)c3ccccn3)c(Oc3c(C)cc(C)cc3C)n2)c1. The van der Waals surface area contributed by atoms with Crippen LogP contribution in [0.5, 0.6) is 17.4 Å². The van der Waals surface area contributed by atoms with Gasteiger partial charge in [0, 0.05) is 17.8 Å². The Bertz CT molecular complexity index is 1570. The number of amides is 1. The number of halogens is 1. The molecule has 4 rings (SSSR count). The fraction of sp³-hybridized carbons (Fsp3) is 0.148. The second kappa shape index (κ2) is 10.4. The van der Waals surface area contributed by atoms with Crippen molar-refractivity contribution in [3.63, 3.8) is 0 Å². The number of hydrogen-bond donors (Lipinski definition) is 1. The van der Waals surface area contributed by atoms with E-state index < -0.39 is 21.7 Å². The molecule has 0 unspecified atom stereocenters. The zero-order valence-electron chi connectivity index (χ0n) is 20.6. The average Bonchev–Trinajstić information content (AvgIpc) is 2.86. The third kappa shape index (κ3) is 5.75. The highest BCUT2D eigenvalue weighted by Crippen LogP contribution is 2.33. The van der Waals surface area contributed by atoms with Gasteiger partial charge in [-0.3, -0.25) is 4.79 Å². The van der Waals surface area contributed by atoms with Crippen molar-refractivity contribution >= 4 is 15.9 Å². The lowest BCUT2D eigenvalue weighted by atomic mass is 10.1. The van der Waals surface area contributed by atoms with E-state index in [1.165, 1.54) is 49.7 Å². The second-order valence-electron chi connectivity index (χ2n) is 8.36. The van der Waals surface area contributed by atoms with Gasteiger partial charge in [-0.25, -0.2) is 19.1 Å². The Kier molecular flexibility index (Phi) is 7.21. The van der Waals surface area contributed by atoms with Crippen molar-refractivity contribution in [2.45, 2.75) is 25.8 Å². The number of rotatable bonds is 7. The standard InChI is InChI=1S/C27H24FN3O5S/c1-16-11-17(2)25(18(3)12-16)36-27-22(26(32)31-37(33,34)24-7-5-6-10-29-24)8-9-23(30-27)19-13-20(28)15-21(14-19)35-4/h5-15H,1-4H3,(H,31,32). The maximum atomic E-state index is 14.2. The maximum Gasteiger partial charge on any atom is 0.281 e. The van der Waals surface area contributed by atoms with Crippen LogP contribution in [0.1, 0.15) is 27.0 Å². The van der Waals surface area contributed by atoms with Crippen LogP contribution in [0.4, 0.5) is 4.39 Å². The number of hydrogen-bond acceptors (Lipinski definition) is 7. The molecule has 0 aliphatic carbocycles. The third-order valence-corrected chi connectivity index (χ3v) is 6.70. The van der Waals surface area contributed by atoms with Crippen LogP contribution in [0.25, 0.3) is 11.3 Å². The first kappa shape index (κ1) is 25.8. The summed E-state index contributed by atoms with van der Waals surface area (Å²) in [6, 6.07) is 15.1. The summed E-state index contributed by atoms with van der Waals surface area (Å²) in [4.78, 5) is 21.4. The highest BCUT2D eigenvalue weighted by Gasteiger charge is 2.24. The summed E-state index contributed by atoms with van der Waals surface area (Å²) in [6.07, 6.45) is 1.31. The number of aromatic nitrogens is 2. The molecule has 190 valence electrons. The van der Waals surface area contributed by atoms with Crippen LogP contribution >= 0.6 is 0 Å². The van der Waals surface area contributed by atoms with Crippen LogP contribution in [-0.4, -0.2) is 31.4 Å². The Morgan fingerprint density at radius 2 is 1.70 bits per heavy atom. The highest BCUT2D eigenvalue weighted by atomic mass is 32.2. The molecule has 2 heterocycles. The fourth-order valence-corrected chi connectivity index (χ4v) is 4.76. The van der Waals surface area contributed by atoms with Crippen molar-refractivity contribution in [2.24, 2.45) is 0 Å². The van der Waals surface area contributed by atoms with E-state index >= 15 is 0 Å². The lowest BCUT2D eigenvalue weighted by molar-refractivity contribution is 0.0978. The van der Waals surface area contributed by atoms with Gasteiger partial charge in [0.2, 0.25) is 5.88 Å². The monoisotopic (exact) mass is 521 g/mol. The Morgan fingerprint density at radius 3 is 2.35 bits per heavy atom. The normalized spacial score (nSPS) is 11.2. The number of sulfonamides is 1. The van der Waals surface area contributed by atoms with Gasteiger partial charge < -0.3 is 9.47 Å². The van der Waals surface area contributed by atoms with Crippen LogP contribution < -0.4 is 14.2 Å². The summed E-state index contributed by atoms with van der Waals surface area (Å²) < 4.78 is 52.9. The van der Waals surface area contributed by atoms with Gasteiger partial charge >= 0.3 is 0 Å². The lowest BCUT2D eigenvalue weighted by Gasteiger charge is -2.16. The predicted molar refractivity (Wildman–Crippen MR) is 136 cm³/mol. The molecule has 0 saturated heterocycles. The molecule has 0 radical (unpaired) electrons. The molecule has 0 aliphatic rings. The number of carbonyl (C=O) groups excluding carboxylic acids is 1. The Hall–Kier alpha value is -4.31. The first-order chi connectivity index (χ1) is 17.6. The quantitative estimate of drug-likeness (QED) is 0.359. The molecule has 4 aromatic rings. The number of pyridine rings is 2. The van der Waals surface area contributed by atoms with E-state index in [1.807, 2.05) is 37.6 Å². The number of methoxy groups -OCH3 is 1. The number of carbonyl (C=O) groups is 1. The molecule has 37 heavy (non-hydrogen) atoms. The van der Waals surface area contributed by atoms with E-state index in [9.17, 15) is 17.6 Å². The topological polar surface area (TPSA) is 107 Å². The van der Waals surface area contributed by atoms with Crippen LogP contribution in [0.2, 0.25) is 0 Å². The molecule has 2 aromatic heterocycles. The van der Waals surface area contributed by atoms with Gasteiger partial charge in [-0.15, -0.1) is 0 Å². The molecule has 10 heteroatoms. The first-order valence-electron chi connectivity index (χ1n) is 11.2. The summed E-state index contributed by atoms with van der Waals surface area (Å²) in [7, 11) is -2.84. The first-order valence-corrected chi connectivity index (χ1v) is 12.7. The molecular formula is C27H24FN3O5S. The minimum atomic E-state index is -4.26. The van der Waals surface area contributed by atoms with E-state index in [4.69, 9.17) is 9.47 Å². The summed E-state index contributed by atoms with van der Waals surface area (Å²) in [5, 5.41) is -0.313. The van der Waals surface area contributed by atoms with Gasteiger partial charge in [0.15, 0.2) is 5.03 Å². The highest BCUT2D eigenvalue weighted by molar-refractivity contribution is 7.90. The summed E-state index contributed by atoms with van der Waals surface area (Å²) in [6.45, 7) is 5.64. The van der Waals surface area contributed by atoms with Gasteiger partial charge in [0.25, 0.3) is 15.9 Å². The Balaban J connectivity index is 1.80. The number of nitrogens with zero attached hydrogens (tertiary/aromatic N) is 2. The van der Waals surface area contributed by atoms with Gasteiger partial charge in [0.1, 0.15) is 22.9 Å². The molecule has 0 spiro atoms. The average molecular weight is 522 g/mol. The molecule has 2 aromatic carbocycles. The molecule has 1 N–H and O–H groups in total. The lowest BCUT2D eigenvalue weighted by Crippen LogP contribution is -2.31. The molecular weight excluding hydrogens is 497 g/mol. The molecule has 0 bridgehead atoms. The summed E-state index contributed by atoms with van der Waals surface area (Å²) in [5.41, 5.74) is 3.15. The second-order valence-corrected chi connectivity index (χ2v) is 9.99. The number of aryl methyl sites for hydroxylation is 3. The van der Waals surface area contributed by atoms with Crippen LogP contribution in [0.15, 0.2) is 71.9 Å². The molecule has 0 aliphatic heterocycles. The maximum absolute atomic E-state index is 14.2. The van der Waals surface area contributed by atoms with Gasteiger partial charge in [-0.1, -0.05) is 23.8 Å². The third-order valence-electron chi connectivity index (χ3n) is 5.45. The van der Waals surface area contributed by atoms with Gasteiger partial charge in [-0.2, -0.15) is 8.42 Å². The number of benzene rings is 2. The van der Waals surface area contributed by atoms with Crippen molar-refractivity contribution < 1.29 is 27.1 Å². The smallest absolute Gasteiger partial charge is 0.281 e. The van der Waals surface area contributed by atoms with Crippen LogP contribution in [-0.2, 0) is 10.0 Å². The van der Waals surface area contributed by atoms with E-state index in [1.54, 1.807) is 12.1 Å². The van der Waals surface area contributed by atoms with Crippen molar-refractivity contribution in [1.82, 2.24) is 14.7 Å². The fourth-order valence-electron chi connectivity index (χ4n) is 3.84. The van der Waals surface area contributed by atoms with E-state index in [2.05, 4.69) is 9.97 Å². The van der Waals surface area contributed by atoms with Crippen LogP contribution in [0.3, 0.4) is 0 Å². The predicted octanol–water partition coefficient (Wildman–Crippen LogP) is 5.13. The van der Waals surface area contributed by atoms with Crippen molar-refractivity contribution in [2.75, 3.05) is 7.11 Å². The molecule has 1 amide bonds. The zero-order valence-corrected chi connectivity index (χ0v) is 21.4. The molecule has 0 atom stereocenters. The summed E-state index contributed by atoms with van der Waals surface area (Å²) in [5.74, 6) is -0.892. The van der Waals surface area contributed by atoms with E-state index in [-0.39, 0.29) is 22.2 Å². The van der Waals surface area contributed by atoms with Crippen molar-refractivity contribution in [1.29, 1.82) is 0 Å². The van der Waals surface area contributed by atoms with Gasteiger partial charge in [0.05, 0.1) is 12.8 Å². The minimum Gasteiger partial charge on any atom is -0.497 e. The molecule has 8 nitrogen and oxygen atoms in total. The Labute approximate surface area is 214 Å². The van der Waals surface area contributed by atoms with E-state index in [0.29, 0.717) is 17.0 Å². The van der Waals surface area contributed by atoms with Crippen LogP contribution in [0, 0.1) is 26.6 Å². The van der Waals surface area contributed by atoms with E-state index in [0.717, 1.165) is 16.7 Å². The molecule has 0 fully saturated rings. The number of ether oxygens (including phenoxy) is 2. The summed E-state index contributed by atoms with van der Waals surface area (Å²) >= 11 is 0. The largest absolute Gasteiger partial charge is 0.497 e. The van der Waals surface area contributed by atoms with Crippen molar-refractivity contribution in [3.05, 3.63) is 94.9 Å². The zero-order chi connectivity index (χ0) is 26.7. The number of nitrogens with one attached hydrogen (secondary N) is 1. The Morgan fingerprint density at radius 1 is 0.973 bits per heavy atom.